The van der Waals surface area contributed by atoms with Crippen LogP contribution in [0.25, 0.3) is 0 Å². The first-order chi connectivity index (χ1) is 14.8. The molecule has 0 amide bonds. The van der Waals surface area contributed by atoms with Crippen molar-refractivity contribution in [2.45, 2.75) is 168 Å². The van der Waals surface area contributed by atoms with Crippen molar-refractivity contribution in [2.24, 2.45) is 23.7 Å². The molecule has 178 valence electrons. The quantitative estimate of drug-likeness (QED) is 0.427. The van der Waals surface area contributed by atoms with Crippen molar-refractivity contribution in [3.05, 3.63) is 0 Å². The van der Waals surface area contributed by atoms with Gasteiger partial charge in [-0.15, -0.1) is 0 Å². The standard InChI is InChI=1S/C30H58/c1-27(2)30(28-23-19-15-11-7-3-4-8-12-16-20-24-28)29-25-21-17-13-9-5-6-10-14-18-22-26-29/h27-30H,3-26H2,1-2H3. The highest BCUT2D eigenvalue weighted by Crippen LogP contribution is 2.40. The molecule has 0 aromatic rings. The summed E-state index contributed by atoms with van der Waals surface area (Å²) in [5, 5.41) is 0. The van der Waals surface area contributed by atoms with Crippen molar-refractivity contribution in [1.82, 2.24) is 0 Å². The van der Waals surface area contributed by atoms with Crippen molar-refractivity contribution in [1.29, 1.82) is 0 Å². The van der Waals surface area contributed by atoms with E-state index in [9.17, 15) is 0 Å². The fraction of sp³-hybridized carbons (Fsp3) is 1.00. The second-order valence-electron chi connectivity index (χ2n) is 11.6. The van der Waals surface area contributed by atoms with E-state index in [4.69, 9.17) is 0 Å². The maximum Gasteiger partial charge on any atom is -0.0334 e. The van der Waals surface area contributed by atoms with Gasteiger partial charge in [0.2, 0.25) is 0 Å². The van der Waals surface area contributed by atoms with E-state index in [1.807, 2.05) is 0 Å². The lowest BCUT2D eigenvalue weighted by atomic mass is 9.68. The minimum absolute atomic E-state index is 0.881. The molecule has 0 nitrogen and oxygen atoms in total. The van der Waals surface area contributed by atoms with Gasteiger partial charge >= 0.3 is 0 Å². The van der Waals surface area contributed by atoms with Gasteiger partial charge in [-0.05, 0) is 23.7 Å². The van der Waals surface area contributed by atoms with E-state index in [0.29, 0.717) is 0 Å². The van der Waals surface area contributed by atoms with Crippen molar-refractivity contribution >= 4 is 0 Å². The van der Waals surface area contributed by atoms with Gasteiger partial charge in [0.25, 0.3) is 0 Å². The van der Waals surface area contributed by atoms with Crippen LogP contribution in [0, 0.1) is 23.7 Å². The summed E-state index contributed by atoms with van der Waals surface area (Å²) in [7, 11) is 0. The lowest BCUT2D eigenvalue weighted by molar-refractivity contribution is 0.122. The van der Waals surface area contributed by atoms with Crippen LogP contribution in [0.5, 0.6) is 0 Å². The molecule has 2 fully saturated rings. The maximum absolute atomic E-state index is 2.58. The van der Waals surface area contributed by atoms with Gasteiger partial charge in [-0.2, -0.15) is 0 Å². The van der Waals surface area contributed by atoms with E-state index in [1.54, 1.807) is 25.7 Å². The maximum atomic E-state index is 2.58. The van der Waals surface area contributed by atoms with Crippen LogP contribution in [0.1, 0.15) is 168 Å². The zero-order chi connectivity index (χ0) is 21.3. The zero-order valence-electron chi connectivity index (χ0n) is 21.3. The molecule has 2 saturated carbocycles. The van der Waals surface area contributed by atoms with E-state index in [0.717, 1.165) is 23.7 Å². The topological polar surface area (TPSA) is 0 Å². The second-order valence-corrected chi connectivity index (χ2v) is 11.6. The Labute approximate surface area is 191 Å². The van der Waals surface area contributed by atoms with Gasteiger partial charge in [-0.3, -0.25) is 0 Å². The normalized spacial score (nSPS) is 24.8. The average Bonchev–Trinajstić information content (AvgIpc) is 2.77. The highest BCUT2D eigenvalue weighted by molar-refractivity contribution is 4.81. The van der Waals surface area contributed by atoms with Crippen molar-refractivity contribution in [3.63, 3.8) is 0 Å². The molecule has 0 unspecified atom stereocenters. The molecule has 30 heavy (non-hydrogen) atoms. The summed E-state index contributed by atoms with van der Waals surface area (Å²) in [5.41, 5.74) is 0. The lowest BCUT2D eigenvalue weighted by Gasteiger charge is -2.38. The smallest absolute Gasteiger partial charge is 0.0334 e. The average molecular weight is 419 g/mol. The van der Waals surface area contributed by atoms with Crippen molar-refractivity contribution in [3.8, 4) is 0 Å². The fourth-order valence-electron chi connectivity index (χ4n) is 6.99. The van der Waals surface area contributed by atoms with Gasteiger partial charge in [-0.1, -0.05) is 168 Å². The molecule has 0 aromatic carbocycles. The Balaban J connectivity index is 1.99. The summed E-state index contributed by atoms with van der Waals surface area (Å²) in [4.78, 5) is 0. The fourth-order valence-corrected chi connectivity index (χ4v) is 6.99. The number of hydrogen-bond donors (Lipinski definition) is 0. The molecule has 2 rings (SSSR count). The van der Waals surface area contributed by atoms with Gasteiger partial charge < -0.3 is 0 Å². The third-order valence-electron chi connectivity index (χ3n) is 8.66. The van der Waals surface area contributed by atoms with Crippen LogP contribution in [-0.4, -0.2) is 0 Å². The molecule has 0 aliphatic heterocycles. The zero-order valence-corrected chi connectivity index (χ0v) is 21.3. The molecule has 0 radical (unpaired) electrons. The second kappa shape index (κ2) is 17.5. The molecule has 2 aliphatic carbocycles. The largest absolute Gasteiger partial charge is 0.0625 e. The van der Waals surface area contributed by atoms with E-state index in [1.165, 1.54) is 128 Å². The Morgan fingerprint density at radius 2 is 0.533 bits per heavy atom. The Hall–Kier alpha value is 0. The molecule has 0 bridgehead atoms. The van der Waals surface area contributed by atoms with Gasteiger partial charge in [0.15, 0.2) is 0 Å². The molecule has 0 aromatic heterocycles. The Morgan fingerprint density at radius 1 is 0.333 bits per heavy atom. The third kappa shape index (κ3) is 11.6. The van der Waals surface area contributed by atoms with E-state index in [2.05, 4.69) is 13.8 Å². The minimum Gasteiger partial charge on any atom is -0.0625 e. The lowest BCUT2D eigenvalue weighted by Crippen LogP contribution is -2.29. The van der Waals surface area contributed by atoms with Crippen molar-refractivity contribution < 1.29 is 0 Å². The highest BCUT2D eigenvalue weighted by atomic mass is 14.4. The minimum atomic E-state index is 0.881. The number of rotatable bonds is 3. The summed E-state index contributed by atoms with van der Waals surface area (Å²) in [5.74, 6) is 3.92. The summed E-state index contributed by atoms with van der Waals surface area (Å²) >= 11 is 0. The first kappa shape index (κ1) is 26.3. The van der Waals surface area contributed by atoms with E-state index < -0.39 is 0 Å². The molecule has 0 saturated heterocycles. The summed E-state index contributed by atoms with van der Waals surface area (Å²) in [6.07, 6.45) is 36.3. The Bertz CT molecular complexity index is 310. The summed E-state index contributed by atoms with van der Waals surface area (Å²) in [6, 6.07) is 0. The molecule has 0 heteroatoms. The van der Waals surface area contributed by atoms with Crippen LogP contribution in [-0.2, 0) is 0 Å². The van der Waals surface area contributed by atoms with Gasteiger partial charge in [-0.25, -0.2) is 0 Å². The predicted octanol–water partition coefficient (Wildman–Crippen LogP) is 10.9. The molecular weight excluding hydrogens is 360 g/mol. The molecule has 0 spiro atoms. The predicted molar refractivity (Wildman–Crippen MR) is 136 cm³/mol. The first-order valence-electron chi connectivity index (χ1n) is 14.8. The van der Waals surface area contributed by atoms with Gasteiger partial charge in [0, 0.05) is 0 Å². The van der Waals surface area contributed by atoms with Crippen molar-refractivity contribution in [2.75, 3.05) is 0 Å². The Morgan fingerprint density at radius 3 is 0.733 bits per heavy atom. The van der Waals surface area contributed by atoms with E-state index in [-0.39, 0.29) is 0 Å². The molecule has 2 aliphatic rings. The molecule has 0 atom stereocenters. The molecule has 0 N–H and O–H groups in total. The van der Waals surface area contributed by atoms with Crippen LogP contribution >= 0.6 is 0 Å². The summed E-state index contributed by atoms with van der Waals surface area (Å²) < 4.78 is 0. The van der Waals surface area contributed by atoms with Crippen LogP contribution in [0.15, 0.2) is 0 Å². The highest BCUT2D eigenvalue weighted by Gasteiger charge is 2.31. The first-order valence-corrected chi connectivity index (χ1v) is 14.8. The Kier molecular flexibility index (Phi) is 15.4. The number of hydrogen-bond acceptors (Lipinski definition) is 0. The molecular formula is C30H58. The van der Waals surface area contributed by atoms with Crippen LogP contribution in [0.3, 0.4) is 0 Å². The summed E-state index contributed by atoms with van der Waals surface area (Å²) in [6.45, 7) is 5.15. The van der Waals surface area contributed by atoms with Crippen LogP contribution in [0.2, 0.25) is 0 Å². The SMILES string of the molecule is CC(C)C(C1CCCCCCCCCCCC1)C1CCCCCCCCCCCC1. The van der Waals surface area contributed by atoms with Gasteiger partial charge in [0.1, 0.15) is 0 Å². The molecule has 0 heterocycles. The van der Waals surface area contributed by atoms with Gasteiger partial charge in [0.05, 0.1) is 0 Å². The van der Waals surface area contributed by atoms with Crippen LogP contribution in [0.4, 0.5) is 0 Å². The van der Waals surface area contributed by atoms with Crippen LogP contribution < -0.4 is 0 Å². The van der Waals surface area contributed by atoms with E-state index >= 15 is 0 Å². The monoisotopic (exact) mass is 418 g/mol. The third-order valence-corrected chi connectivity index (χ3v) is 8.66.